The van der Waals surface area contributed by atoms with Gasteiger partial charge < -0.3 is 14.8 Å². The van der Waals surface area contributed by atoms with Crippen molar-refractivity contribution in [1.29, 1.82) is 0 Å². The normalized spacial score (nSPS) is 14.5. The van der Waals surface area contributed by atoms with E-state index < -0.39 is 11.1 Å². The van der Waals surface area contributed by atoms with Crippen molar-refractivity contribution in [2.45, 2.75) is 38.3 Å². The van der Waals surface area contributed by atoms with Gasteiger partial charge in [-0.3, -0.25) is 4.79 Å². The molecule has 0 bridgehead atoms. The van der Waals surface area contributed by atoms with Crippen LogP contribution < -0.4 is 5.32 Å². The van der Waals surface area contributed by atoms with Crippen molar-refractivity contribution in [3.63, 3.8) is 0 Å². The zero-order chi connectivity index (χ0) is 14.2. The Balaban J connectivity index is 4.72. The lowest BCUT2D eigenvalue weighted by atomic mass is 9.87. The molecular formula is C11H22N4O3. The highest BCUT2D eigenvalue weighted by molar-refractivity contribution is 5.80. The quantitative estimate of drug-likeness (QED) is 0.235. The Morgan fingerprint density at radius 2 is 2.00 bits per heavy atom. The standard InChI is InChI=1S/C11H22N4O3/c1-10(2,18-5)8-11(3,9(16)17-4)13-6-7-14-15-12/h13H,6-8H2,1-5H3. The van der Waals surface area contributed by atoms with Gasteiger partial charge in [-0.15, -0.1) is 0 Å². The summed E-state index contributed by atoms with van der Waals surface area (Å²) in [6.07, 6.45) is 0.444. The summed E-state index contributed by atoms with van der Waals surface area (Å²) < 4.78 is 10.1. The molecule has 7 heteroatoms. The fraction of sp³-hybridized carbons (Fsp3) is 0.909. The summed E-state index contributed by atoms with van der Waals surface area (Å²) in [6, 6.07) is 0. The van der Waals surface area contributed by atoms with Gasteiger partial charge in [-0.05, 0) is 26.3 Å². The minimum atomic E-state index is -0.876. The first-order valence-electron chi connectivity index (χ1n) is 5.71. The van der Waals surface area contributed by atoms with E-state index in [2.05, 4.69) is 15.3 Å². The number of nitrogens with one attached hydrogen (secondary N) is 1. The van der Waals surface area contributed by atoms with Gasteiger partial charge in [0.1, 0.15) is 5.54 Å². The molecule has 0 aliphatic carbocycles. The molecule has 1 unspecified atom stereocenters. The molecule has 0 aliphatic heterocycles. The molecule has 18 heavy (non-hydrogen) atoms. The number of rotatable bonds is 8. The summed E-state index contributed by atoms with van der Waals surface area (Å²) in [5, 5.41) is 6.46. The molecule has 0 aromatic carbocycles. The maximum atomic E-state index is 11.8. The number of methoxy groups -OCH3 is 2. The molecular weight excluding hydrogens is 236 g/mol. The monoisotopic (exact) mass is 258 g/mol. The highest BCUT2D eigenvalue weighted by atomic mass is 16.5. The Kier molecular flexibility index (Phi) is 6.68. The molecule has 0 aromatic heterocycles. The summed E-state index contributed by atoms with van der Waals surface area (Å²) in [5.41, 5.74) is 6.85. The summed E-state index contributed by atoms with van der Waals surface area (Å²) in [4.78, 5) is 14.5. The van der Waals surface area contributed by atoms with Gasteiger partial charge in [-0.2, -0.15) is 0 Å². The molecule has 1 N–H and O–H groups in total. The predicted octanol–water partition coefficient (Wildman–Crippen LogP) is 1.63. The minimum absolute atomic E-state index is 0.274. The first-order valence-corrected chi connectivity index (χ1v) is 5.71. The predicted molar refractivity (Wildman–Crippen MR) is 68.1 cm³/mol. The van der Waals surface area contributed by atoms with Crippen LogP contribution in [0.1, 0.15) is 27.2 Å². The molecule has 7 nitrogen and oxygen atoms in total. The van der Waals surface area contributed by atoms with Crippen LogP contribution in [0.5, 0.6) is 0 Å². The van der Waals surface area contributed by atoms with Crippen LogP contribution in [0.15, 0.2) is 5.11 Å². The summed E-state index contributed by atoms with van der Waals surface area (Å²) in [5.74, 6) is -0.367. The van der Waals surface area contributed by atoms with Gasteiger partial charge in [-0.25, -0.2) is 0 Å². The highest BCUT2D eigenvalue weighted by Gasteiger charge is 2.39. The number of nitrogens with zero attached hydrogens (tertiary/aromatic N) is 3. The molecule has 0 aromatic rings. The number of azide groups is 1. The van der Waals surface area contributed by atoms with E-state index in [4.69, 9.17) is 15.0 Å². The molecule has 0 aliphatic rings. The molecule has 0 heterocycles. The Morgan fingerprint density at radius 3 is 2.44 bits per heavy atom. The van der Waals surface area contributed by atoms with Crippen LogP contribution in [0.2, 0.25) is 0 Å². The maximum absolute atomic E-state index is 11.8. The van der Waals surface area contributed by atoms with Crippen LogP contribution in [0, 0.1) is 0 Å². The first kappa shape index (κ1) is 16.7. The second-order valence-corrected chi connectivity index (χ2v) is 4.85. The third kappa shape index (κ3) is 5.35. The van der Waals surface area contributed by atoms with Crippen LogP contribution in [0.25, 0.3) is 10.4 Å². The van der Waals surface area contributed by atoms with Gasteiger partial charge in [0.05, 0.1) is 12.7 Å². The fourth-order valence-corrected chi connectivity index (χ4v) is 1.78. The van der Waals surface area contributed by atoms with Crippen molar-refractivity contribution in [1.82, 2.24) is 5.32 Å². The lowest BCUT2D eigenvalue weighted by molar-refractivity contribution is -0.151. The molecule has 0 saturated heterocycles. The first-order chi connectivity index (χ1) is 8.31. The molecule has 104 valence electrons. The van der Waals surface area contributed by atoms with Gasteiger partial charge in [-0.1, -0.05) is 5.11 Å². The lowest BCUT2D eigenvalue weighted by Gasteiger charge is -2.35. The van der Waals surface area contributed by atoms with Crippen LogP contribution in [0.3, 0.4) is 0 Å². The van der Waals surface area contributed by atoms with Gasteiger partial charge in [0.2, 0.25) is 0 Å². The summed E-state index contributed by atoms with van der Waals surface area (Å²) >= 11 is 0. The van der Waals surface area contributed by atoms with Crippen LogP contribution >= 0.6 is 0 Å². The number of hydrogen-bond donors (Lipinski definition) is 1. The zero-order valence-electron chi connectivity index (χ0n) is 11.7. The van der Waals surface area contributed by atoms with Crippen LogP contribution in [-0.4, -0.2) is 44.4 Å². The van der Waals surface area contributed by atoms with Crippen molar-refractivity contribution in [2.75, 3.05) is 27.3 Å². The fourth-order valence-electron chi connectivity index (χ4n) is 1.78. The Hall–Kier alpha value is -1.30. The molecule has 0 spiro atoms. The number of esters is 1. The van der Waals surface area contributed by atoms with E-state index in [9.17, 15) is 4.79 Å². The van der Waals surface area contributed by atoms with Crippen molar-refractivity contribution in [3.8, 4) is 0 Å². The van der Waals surface area contributed by atoms with Crippen molar-refractivity contribution in [2.24, 2.45) is 5.11 Å². The van der Waals surface area contributed by atoms with Crippen LogP contribution in [0.4, 0.5) is 0 Å². The minimum Gasteiger partial charge on any atom is -0.468 e. The zero-order valence-corrected chi connectivity index (χ0v) is 11.7. The third-order valence-electron chi connectivity index (χ3n) is 2.76. The molecule has 1 atom stereocenters. The molecule has 0 rings (SSSR count). The van der Waals surface area contributed by atoms with Gasteiger partial charge in [0, 0.05) is 31.5 Å². The van der Waals surface area contributed by atoms with Gasteiger partial charge in [0.15, 0.2) is 0 Å². The highest BCUT2D eigenvalue weighted by Crippen LogP contribution is 2.24. The van der Waals surface area contributed by atoms with E-state index >= 15 is 0 Å². The smallest absolute Gasteiger partial charge is 0.325 e. The topological polar surface area (TPSA) is 96.3 Å². The Bertz CT molecular complexity index is 326. The SMILES string of the molecule is COC(=O)C(C)(CC(C)(C)OC)NCCN=[N+]=[N-]. The largest absolute Gasteiger partial charge is 0.468 e. The third-order valence-corrected chi connectivity index (χ3v) is 2.76. The van der Waals surface area contributed by atoms with E-state index in [1.54, 1.807) is 14.0 Å². The second-order valence-electron chi connectivity index (χ2n) is 4.85. The van der Waals surface area contributed by atoms with Crippen molar-refractivity contribution in [3.05, 3.63) is 10.4 Å². The average Bonchev–Trinajstić information content (AvgIpc) is 2.33. The number of carbonyl (C=O) groups excluding carboxylic acids is 1. The van der Waals surface area contributed by atoms with Gasteiger partial charge in [0.25, 0.3) is 0 Å². The van der Waals surface area contributed by atoms with E-state index in [-0.39, 0.29) is 12.5 Å². The number of ether oxygens (including phenoxy) is 2. The number of carbonyl (C=O) groups is 1. The van der Waals surface area contributed by atoms with Crippen LogP contribution in [-0.2, 0) is 14.3 Å². The lowest BCUT2D eigenvalue weighted by Crippen LogP contribution is -2.55. The Morgan fingerprint density at radius 1 is 1.39 bits per heavy atom. The van der Waals surface area contributed by atoms with E-state index in [0.29, 0.717) is 13.0 Å². The summed E-state index contributed by atoms with van der Waals surface area (Å²) in [7, 11) is 2.94. The second kappa shape index (κ2) is 7.20. The maximum Gasteiger partial charge on any atom is 0.325 e. The van der Waals surface area contributed by atoms with E-state index in [1.807, 2.05) is 13.8 Å². The van der Waals surface area contributed by atoms with Gasteiger partial charge >= 0.3 is 5.97 Å². The summed E-state index contributed by atoms with van der Waals surface area (Å²) in [6.45, 7) is 6.20. The van der Waals surface area contributed by atoms with Crippen molar-refractivity contribution < 1.29 is 14.3 Å². The molecule has 0 fully saturated rings. The van der Waals surface area contributed by atoms with Crippen molar-refractivity contribution >= 4 is 5.97 Å². The van der Waals surface area contributed by atoms with E-state index in [1.165, 1.54) is 7.11 Å². The van der Waals surface area contributed by atoms with E-state index in [0.717, 1.165) is 0 Å². The molecule has 0 amide bonds. The number of hydrogen-bond acceptors (Lipinski definition) is 5. The Labute approximate surface area is 107 Å². The molecule has 0 radical (unpaired) electrons. The molecule has 0 saturated carbocycles. The average molecular weight is 258 g/mol.